The Kier molecular flexibility index (Phi) is 7.85. The van der Waals surface area contributed by atoms with Crippen molar-refractivity contribution in [1.29, 1.82) is 0 Å². The Balaban J connectivity index is 1.30. The molecule has 1 fully saturated rings. The Morgan fingerprint density at radius 3 is 2.64 bits per heavy atom. The van der Waals surface area contributed by atoms with E-state index in [1.165, 1.54) is 17.7 Å². The van der Waals surface area contributed by atoms with Gasteiger partial charge in [-0.3, -0.25) is 4.79 Å². The molecule has 150 valence electrons. The summed E-state index contributed by atoms with van der Waals surface area (Å²) < 4.78 is 18.4. The molecule has 0 radical (unpaired) electrons. The minimum absolute atomic E-state index is 0.259. The maximum Gasteiger partial charge on any atom is 0.222 e. The standard InChI is InChI=1S/C23H29FN2O2/c24-20-8-11-22(12-9-20)28-18-16-25-15-14-21-10-13-23(27)26(21)17-4-7-19-5-2-1-3-6-19/h1-3,5-6,8-9,11-12,21,25H,4,7,10,13-18H2/t21-/m1/s1. The fourth-order valence-electron chi connectivity index (χ4n) is 3.66. The van der Waals surface area contributed by atoms with Gasteiger partial charge in [-0.1, -0.05) is 30.3 Å². The molecule has 0 bridgehead atoms. The van der Waals surface area contributed by atoms with Gasteiger partial charge in [0.25, 0.3) is 0 Å². The van der Waals surface area contributed by atoms with E-state index < -0.39 is 0 Å². The number of hydrogen-bond acceptors (Lipinski definition) is 3. The normalized spacial score (nSPS) is 16.5. The molecule has 2 aromatic carbocycles. The number of carbonyl (C=O) groups excluding carboxylic acids is 1. The van der Waals surface area contributed by atoms with E-state index in [0.29, 0.717) is 24.8 Å². The molecule has 1 saturated heterocycles. The Hall–Kier alpha value is -2.40. The van der Waals surface area contributed by atoms with Crippen LogP contribution in [0.15, 0.2) is 54.6 Å². The van der Waals surface area contributed by atoms with Crippen LogP contribution in [0.2, 0.25) is 0 Å². The maximum absolute atomic E-state index is 12.9. The van der Waals surface area contributed by atoms with Crippen LogP contribution < -0.4 is 10.1 Å². The van der Waals surface area contributed by atoms with Gasteiger partial charge in [0.2, 0.25) is 5.91 Å². The molecular weight excluding hydrogens is 355 g/mol. The van der Waals surface area contributed by atoms with Crippen molar-refractivity contribution in [3.8, 4) is 5.75 Å². The van der Waals surface area contributed by atoms with Crippen molar-refractivity contribution >= 4 is 5.91 Å². The Morgan fingerprint density at radius 2 is 1.86 bits per heavy atom. The summed E-state index contributed by atoms with van der Waals surface area (Å²) >= 11 is 0. The van der Waals surface area contributed by atoms with Crippen LogP contribution in [0.3, 0.4) is 0 Å². The third-order valence-electron chi connectivity index (χ3n) is 5.18. The minimum Gasteiger partial charge on any atom is -0.492 e. The SMILES string of the molecule is O=C1CC[C@H](CCNCCOc2ccc(F)cc2)N1CCCc1ccccc1. The Labute approximate surface area is 166 Å². The zero-order valence-electron chi connectivity index (χ0n) is 16.3. The van der Waals surface area contributed by atoms with Crippen LogP contribution in [0, 0.1) is 5.82 Å². The first kappa shape index (κ1) is 20.3. The second-order valence-electron chi connectivity index (χ2n) is 7.21. The summed E-state index contributed by atoms with van der Waals surface area (Å²) in [4.78, 5) is 14.3. The highest BCUT2D eigenvalue weighted by molar-refractivity contribution is 5.78. The average Bonchev–Trinajstić information content (AvgIpc) is 3.06. The summed E-state index contributed by atoms with van der Waals surface area (Å²) in [5, 5.41) is 3.37. The van der Waals surface area contributed by atoms with Crippen molar-refractivity contribution in [2.75, 3.05) is 26.2 Å². The number of halogens is 1. The molecule has 28 heavy (non-hydrogen) atoms. The molecule has 0 aliphatic carbocycles. The lowest BCUT2D eigenvalue weighted by Gasteiger charge is -2.25. The lowest BCUT2D eigenvalue weighted by molar-refractivity contribution is -0.129. The van der Waals surface area contributed by atoms with Gasteiger partial charge in [0.15, 0.2) is 0 Å². The van der Waals surface area contributed by atoms with Crippen LogP contribution in [0.1, 0.15) is 31.2 Å². The van der Waals surface area contributed by atoms with Gasteiger partial charge in [-0.2, -0.15) is 0 Å². The van der Waals surface area contributed by atoms with Crippen molar-refractivity contribution in [3.63, 3.8) is 0 Å². The van der Waals surface area contributed by atoms with E-state index in [0.717, 1.165) is 45.3 Å². The van der Waals surface area contributed by atoms with Gasteiger partial charge < -0.3 is 15.0 Å². The van der Waals surface area contributed by atoms with Crippen LogP contribution in [-0.2, 0) is 11.2 Å². The number of hydrogen-bond donors (Lipinski definition) is 1. The van der Waals surface area contributed by atoms with E-state index in [2.05, 4.69) is 34.5 Å². The van der Waals surface area contributed by atoms with Gasteiger partial charge in [0.1, 0.15) is 18.2 Å². The van der Waals surface area contributed by atoms with Crippen LogP contribution in [0.25, 0.3) is 0 Å². The first-order chi connectivity index (χ1) is 13.7. The number of rotatable bonds is 11. The van der Waals surface area contributed by atoms with E-state index in [-0.39, 0.29) is 11.7 Å². The van der Waals surface area contributed by atoms with Crippen molar-refractivity contribution in [3.05, 3.63) is 66.0 Å². The molecule has 0 saturated carbocycles. The predicted molar refractivity (Wildman–Crippen MR) is 109 cm³/mol. The number of nitrogens with zero attached hydrogens (tertiary/aromatic N) is 1. The number of benzene rings is 2. The van der Waals surface area contributed by atoms with Crippen LogP contribution in [0.4, 0.5) is 4.39 Å². The molecule has 5 heteroatoms. The van der Waals surface area contributed by atoms with Crippen molar-refractivity contribution in [1.82, 2.24) is 10.2 Å². The fourth-order valence-corrected chi connectivity index (χ4v) is 3.66. The van der Waals surface area contributed by atoms with E-state index in [1.807, 2.05) is 6.07 Å². The lowest BCUT2D eigenvalue weighted by atomic mass is 10.1. The molecule has 1 heterocycles. The maximum atomic E-state index is 12.9. The largest absolute Gasteiger partial charge is 0.492 e. The van der Waals surface area contributed by atoms with Gasteiger partial charge in [-0.05, 0) is 62.1 Å². The van der Waals surface area contributed by atoms with Gasteiger partial charge in [0.05, 0.1) is 0 Å². The molecule has 1 atom stereocenters. The quantitative estimate of drug-likeness (QED) is 0.599. The van der Waals surface area contributed by atoms with E-state index in [4.69, 9.17) is 4.74 Å². The van der Waals surface area contributed by atoms with Gasteiger partial charge in [-0.25, -0.2) is 4.39 Å². The van der Waals surface area contributed by atoms with Crippen molar-refractivity contribution < 1.29 is 13.9 Å². The van der Waals surface area contributed by atoms with Crippen LogP contribution >= 0.6 is 0 Å². The van der Waals surface area contributed by atoms with Crippen molar-refractivity contribution in [2.45, 2.75) is 38.1 Å². The highest BCUT2D eigenvalue weighted by atomic mass is 19.1. The zero-order chi connectivity index (χ0) is 19.6. The third-order valence-corrected chi connectivity index (χ3v) is 5.18. The summed E-state index contributed by atoms with van der Waals surface area (Å²) in [6, 6.07) is 16.8. The second kappa shape index (κ2) is 10.8. The Bertz CT molecular complexity index is 721. The smallest absolute Gasteiger partial charge is 0.222 e. The summed E-state index contributed by atoms with van der Waals surface area (Å²) in [5.74, 6) is 0.705. The number of likely N-dealkylation sites (tertiary alicyclic amines) is 1. The molecule has 1 aliphatic rings. The van der Waals surface area contributed by atoms with Crippen LogP contribution in [0.5, 0.6) is 5.75 Å². The third kappa shape index (κ3) is 6.34. The number of amides is 1. The molecule has 2 aromatic rings. The number of carbonyl (C=O) groups is 1. The number of ether oxygens (including phenoxy) is 1. The lowest BCUT2D eigenvalue weighted by Crippen LogP contribution is -2.36. The van der Waals surface area contributed by atoms with Crippen molar-refractivity contribution in [2.24, 2.45) is 0 Å². The minimum atomic E-state index is -0.259. The molecule has 0 aromatic heterocycles. The highest BCUT2D eigenvalue weighted by Gasteiger charge is 2.29. The predicted octanol–water partition coefficient (Wildman–Crippen LogP) is 3.81. The Morgan fingerprint density at radius 1 is 1.07 bits per heavy atom. The molecule has 1 amide bonds. The van der Waals surface area contributed by atoms with E-state index in [1.54, 1.807) is 12.1 Å². The number of nitrogens with one attached hydrogen (secondary N) is 1. The molecule has 0 spiro atoms. The summed E-state index contributed by atoms with van der Waals surface area (Å²) in [6.45, 7) is 2.97. The molecule has 0 unspecified atom stereocenters. The molecule has 4 nitrogen and oxygen atoms in total. The summed E-state index contributed by atoms with van der Waals surface area (Å²) in [7, 11) is 0. The highest BCUT2D eigenvalue weighted by Crippen LogP contribution is 2.21. The topological polar surface area (TPSA) is 41.6 Å². The summed E-state index contributed by atoms with van der Waals surface area (Å²) in [5.41, 5.74) is 1.33. The van der Waals surface area contributed by atoms with E-state index >= 15 is 0 Å². The second-order valence-corrected chi connectivity index (χ2v) is 7.21. The van der Waals surface area contributed by atoms with E-state index in [9.17, 15) is 9.18 Å². The average molecular weight is 384 g/mol. The first-order valence-corrected chi connectivity index (χ1v) is 10.1. The van der Waals surface area contributed by atoms with Crippen LogP contribution in [-0.4, -0.2) is 43.1 Å². The first-order valence-electron chi connectivity index (χ1n) is 10.1. The fraction of sp³-hybridized carbons (Fsp3) is 0.435. The zero-order valence-corrected chi connectivity index (χ0v) is 16.3. The van der Waals surface area contributed by atoms with Gasteiger partial charge >= 0.3 is 0 Å². The van der Waals surface area contributed by atoms with Gasteiger partial charge in [-0.15, -0.1) is 0 Å². The molecular formula is C23H29FN2O2. The summed E-state index contributed by atoms with van der Waals surface area (Å²) in [6.07, 6.45) is 4.61. The number of aryl methyl sites for hydroxylation is 1. The molecule has 1 N–H and O–H groups in total. The van der Waals surface area contributed by atoms with Gasteiger partial charge in [0, 0.05) is 25.6 Å². The molecule has 1 aliphatic heterocycles. The molecule has 3 rings (SSSR count). The monoisotopic (exact) mass is 384 g/mol.